The van der Waals surface area contributed by atoms with Crippen molar-refractivity contribution in [2.75, 3.05) is 11.9 Å². The Hall–Kier alpha value is -2.93. The van der Waals surface area contributed by atoms with Crippen molar-refractivity contribution in [3.05, 3.63) is 41.2 Å². The van der Waals surface area contributed by atoms with Crippen LogP contribution in [-0.2, 0) is 13.0 Å². The standard InChI is InChI=1S/C20H23N5O2/c1-20(2,3)25-18-16(10-26)23-14-6-4-5-11(17(14)24-18)15-9-12-13(22-15)7-8-21-19(12)27/h4-6,9,22,26H,7-8,10H2,1-3H3,(H,21,27)(H,24,25). The van der Waals surface area contributed by atoms with Crippen LogP contribution in [0.1, 0.15) is 42.5 Å². The van der Waals surface area contributed by atoms with Gasteiger partial charge < -0.3 is 20.7 Å². The van der Waals surface area contributed by atoms with Gasteiger partial charge in [0.1, 0.15) is 11.2 Å². The highest BCUT2D eigenvalue weighted by molar-refractivity contribution is 5.99. The predicted octanol–water partition coefficient (Wildman–Crippen LogP) is 2.61. The quantitative estimate of drug-likeness (QED) is 0.571. The third-order valence-electron chi connectivity index (χ3n) is 4.50. The molecule has 0 fully saturated rings. The summed E-state index contributed by atoms with van der Waals surface area (Å²) in [5.41, 5.74) is 5.07. The Bertz CT molecular complexity index is 1030. The van der Waals surface area contributed by atoms with E-state index in [0.717, 1.165) is 28.9 Å². The second kappa shape index (κ2) is 6.35. The molecule has 3 aromatic rings. The summed E-state index contributed by atoms with van der Waals surface area (Å²) < 4.78 is 0. The van der Waals surface area contributed by atoms with Crippen LogP contribution < -0.4 is 10.6 Å². The number of anilines is 1. The van der Waals surface area contributed by atoms with E-state index >= 15 is 0 Å². The minimum Gasteiger partial charge on any atom is -0.390 e. The maximum Gasteiger partial charge on any atom is 0.253 e. The number of hydrogen-bond acceptors (Lipinski definition) is 5. The smallest absolute Gasteiger partial charge is 0.253 e. The molecule has 7 nitrogen and oxygen atoms in total. The zero-order valence-electron chi connectivity index (χ0n) is 15.7. The number of fused-ring (bicyclic) bond motifs is 2. The highest BCUT2D eigenvalue weighted by atomic mass is 16.3. The van der Waals surface area contributed by atoms with Crippen LogP contribution in [0.4, 0.5) is 5.82 Å². The van der Waals surface area contributed by atoms with Crippen molar-refractivity contribution in [2.24, 2.45) is 0 Å². The molecule has 4 rings (SSSR count). The molecule has 3 heterocycles. The number of aliphatic hydroxyl groups is 1. The summed E-state index contributed by atoms with van der Waals surface area (Å²) in [5, 5.41) is 15.9. The summed E-state index contributed by atoms with van der Waals surface area (Å²) in [4.78, 5) is 24.8. The summed E-state index contributed by atoms with van der Waals surface area (Å²) >= 11 is 0. The van der Waals surface area contributed by atoms with Gasteiger partial charge in [0, 0.05) is 35.5 Å². The van der Waals surface area contributed by atoms with Crippen molar-refractivity contribution in [2.45, 2.75) is 39.3 Å². The normalized spacial score (nSPS) is 14.1. The fourth-order valence-electron chi connectivity index (χ4n) is 3.34. The van der Waals surface area contributed by atoms with Crippen molar-refractivity contribution in [1.29, 1.82) is 0 Å². The number of nitrogens with one attached hydrogen (secondary N) is 3. The van der Waals surface area contributed by atoms with Gasteiger partial charge in [-0.15, -0.1) is 0 Å². The molecule has 0 unspecified atom stereocenters. The van der Waals surface area contributed by atoms with Gasteiger partial charge in [-0.05, 0) is 32.9 Å². The van der Waals surface area contributed by atoms with Crippen molar-refractivity contribution >= 4 is 22.8 Å². The van der Waals surface area contributed by atoms with E-state index in [1.807, 2.05) is 45.0 Å². The summed E-state index contributed by atoms with van der Waals surface area (Å²) in [5.74, 6) is 0.515. The lowest BCUT2D eigenvalue weighted by molar-refractivity contribution is 0.0946. The average molecular weight is 365 g/mol. The molecule has 7 heteroatoms. The maximum atomic E-state index is 12.1. The monoisotopic (exact) mass is 365 g/mol. The van der Waals surface area contributed by atoms with Gasteiger partial charge in [0.05, 0.1) is 17.7 Å². The summed E-state index contributed by atoms with van der Waals surface area (Å²) in [6.07, 6.45) is 0.781. The van der Waals surface area contributed by atoms with Gasteiger partial charge in [-0.25, -0.2) is 9.97 Å². The van der Waals surface area contributed by atoms with Gasteiger partial charge in [0.25, 0.3) is 5.91 Å². The Kier molecular flexibility index (Phi) is 4.11. The van der Waals surface area contributed by atoms with Crippen molar-refractivity contribution in [3.8, 4) is 11.3 Å². The number of amides is 1. The fourth-order valence-corrected chi connectivity index (χ4v) is 3.34. The average Bonchev–Trinajstić information content (AvgIpc) is 3.05. The largest absolute Gasteiger partial charge is 0.390 e. The highest BCUT2D eigenvalue weighted by Gasteiger charge is 2.22. The minimum absolute atomic E-state index is 0.0530. The molecule has 0 saturated carbocycles. The number of aliphatic hydroxyl groups excluding tert-OH is 1. The number of H-pyrrole nitrogens is 1. The van der Waals surface area contributed by atoms with Crippen LogP contribution in [-0.4, -0.2) is 38.0 Å². The third-order valence-corrected chi connectivity index (χ3v) is 4.50. The predicted molar refractivity (Wildman–Crippen MR) is 105 cm³/mol. The number of benzene rings is 1. The number of carbonyl (C=O) groups excluding carboxylic acids is 1. The second-order valence-electron chi connectivity index (χ2n) is 7.81. The molecule has 2 aromatic heterocycles. The number of hydrogen-bond donors (Lipinski definition) is 4. The molecule has 4 N–H and O–H groups in total. The first-order chi connectivity index (χ1) is 12.9. The number of para-hydroxylation sites is 1. The Morgan fingerprint density at radius 3 is 2.74 bits per heavy atom. The number of nitrogens with zero attached hydrogens (tertiary/aromatic N) is 2. The van der Waals surface area contributed by atoms with E-state index in [2.05, 4.69) is 20.6 Å². The molecule has 0 radical (unpaired) electrons. The topological polar surface area (TPSA) is 103 Å². The highest BCUT2D eigenvalue weighted by Crippen LogP contribution is 2.31. The lowest BCUT2D eigenvalue weighted by atomic mass is 10.1. The Balaban J connectivity index is 1.89. The number of rotatable bonds is 3. The molecule has 1 aliphatic heterocycles. The summed E-state index contributed by atoms with van der Waals surface area (Å²) in [6, 6.07) is 7.62. The van der Waals surface area contributed by atoms with Crippen LogP contribution in [0.2, 0.25) is 0 Å². The van der Waals surface area contributed by atoms with Gasteiger partial charge in [-0.1, -0.05) is 12.1 Å². The van der Waals surface area contributed by atoms with Gasteiger partial charge >= 0.3 is 0 Å². The van der Waals surface area contributed by atoms with E-state index in [-0.39, 0.29) is 18.1 Å². The van der Waals surface area contributed by atoms with Gasteiger partial charge in [0.2, 0.25) is 0 Å². The second-order valence-corrected chi connectivity index (χ2v) is 7.81. The third kappa shape index (κ3) is 3.26. The molecule has 1 amide bonds. The maximum absolute atomic E-state index is 12.1. The number of aromatic amines is 1. The molecule has 0 atom stereocenters. The molecule has 0 spiro atoms. The lowest BCUT2D eigenvalue weighted by Gasteiger charge is -2.23. The molecule has 0 saturated heterocycles. The Morgan fingerprint density at radius 1 is 1.22 bits per heavy atom. The first-order valence-corrected chi connectivity index (χ1v) is 9.05. The van der Waals surface area contributed by atoms with Crippen molar-refractivity contribution < 1.29 is 9.90 Å². The molecule has 1 aliphatic rings. The van der Waals surface area contributed by atoms with Crippen LogP contribution in [0.15, 0.2) is 24.3 Å². The van der Waals surface area contributed by atoms with E-state index in [9.17, 15) is 9.90 Å². The SMILES string of the molecule is CC(C)(C)Nc1nc2c(-c3cc4c([nH]3)CCNC4=O)cccc2nc1CO. The van der Waals surface area contributed by atoms with Crippen molar-refractivity contribution in [3.63, 3.8) is 0 Å². The molecular formula is C20H23N5O2. The van der Waals surface area contributed by atoms with E-state index in [1.54, 1.807) is 0 Å². The van der Waals surface area contributed by atoms with Crippen LogP contribution in [0, 0.1) is 0 Å². The lowest BCUT2D eigenvalue weighted by Crippen LogP contribution is -2.31. The van der Waals surface area contributed by atoms with Crippen LogP contribution in [0.3, 0.4) is 0 Å². The van der Waals surface area contributed by atoms with E-state index < -0.39 is 0 Å². The van der Waals surface area contributed by atoms with Crippen molar-refractivity contribution in [1.82, 2.24) is 20.3 Å². The molecule has 140 valence electrons. The number of carbonyl (C=O) groups is 1. The first-order valence-electron chi connectivity index (χ1n) is 9.05. The van der Waals surface area contributed by atoms with Crippen LogP contribution >= 0.6 is 0 Å². The van der Waals surface area contributed by atoms with E-state index in [0.29, 0.717) is 29.1 Å². The number of aromatic nitrogens is 3. The van der Waals surface area contributed by atoms with Gasteiger partial charge in [0.15, 0.2) is 5.82 Å². The zero-order chi connectivity index (χ0) is 19.2. The van der Waals surface area contributed by atoms with E-state index in [1.165, 1.54) is 0 Å². The summed E-state index contributed by atoms with van der Waals surface area (Å²) in [6.45, 7) is 6.54. The van der Waals surface area contributed by atoms with Crippen LogP contribution in [0.5, 0.6) is 0 Å². The first kappa shape index (κ1) is 17.5. The fraction of sp³-hybridized carbons (Fsp3) is 0.350. The molecule has 27 heavy (non-hydrogen) atoms. The summed E-state index contributed by atoms with van der Waals surface area (Å²) in [7, 11) is 0. The molecule has 1 aromatic carbocycles. The van der Waals surface area contributed by atoms with Crippen LogP contribution in [0.25, 0.3) is 22.3 Å². The Morgan fingerprint density at radius 2 is 2.04 bits per heavy atom. The molecular weight excluding hydrogens is 342 g/mol. The molecule has 0 aliphatic carbocycles. The minimum atomic E-state index is -0.217. The zero-order valence-corrected chi connectivity index (χ0v) is 15.7. The van der Waals surface area contributed by atoms with Gasteiger partial charge in [-0.2, -0.15) is 0 Å². The molecule has 0 bridgehead atoms. The van der Waals surface area contributed by atoms with Gasteiger partial charge in [-0.3, -0.25) is 4.79 Å². The Labute approximate surface area is 157 Å². The van der Waals surface area contributed by atoms with E-state index in [4.69, 9.17) is 4.98 Å².